The van der Waals surface area contributed by atoms with Crippen molar-refractivity contribution in [3.63, 3.8) is 0 Å². The van der Waals surface area contributed by atoms with Gasteiger partial charge in [0.05, 0.1) is 28.8 Å². The Balaban J connectivity index is 1.53. The number of nitrogens with zero attached hydrogens (tertiary/aromatic N) is 3. The molecule has 9 nitrogen and oxygen atoms in total. The maximum Gasteiger partial charge on any atom is 0.293 e. The SMILES string of the molecule is O=C(Nc1ccc(N2CCCC2=O)c(Cl)c1)c1ccc(N2CCOCC2)c([N+](=O)[O-])c1. The highest BCUT2D eigenvalue weighted by atomic mass is 35.5. The Kier molecular flexibility index (Phi) is 6.06. The van der Waals surface area contributed by atoms with Gasteiger partial charge >= 0.3 is 0 Å². The quantitative estimate of drug-likeness (QED) is 0.559. The number of carbonyl (C=O) groups is 2. The van der Waals surface area contributed by atoms with Crippen LogP contribution in [0.1, 0.15) is 23.2 Å². The second-order valence-corrected chi connectivity index (χ2v) is 7.74. The number of carbonyl (C=O) groups excluding carboxylic acids is 2. The minimum atomic E-state index is -0.488. The number of benzene rings is 2. The van der Waals surface area contributed by atoms with Crippen molar-refractivity contribution in [2.45, 2.75) is 12.8 Å². The zero-order valence-corrected chi connectivity index (χ0v) is 17.4. The van der Waals surface area contributed by atoms with Gasteiger partial charge in [-0.05, 0) is 36.8 Å². The fraction of sp³-hybridized carbons (Fsp3) is 0.333. The second kappa shape index (κ2) is 8.91. The normalized spacial score (nSPS) is 16.5. The number of amides is 2. The number of rotatable bonds is 5. The van der Waals surface area contributed by atoms with Gasteiger partial charge in [-0.3, -0.25) is 19.7 Å². The molecule has 2 aliphatic rings. The Morgan fingerprint density at radius 3 is 2.48 bits per heavy atom. The van der Waals surface area contributed by atoms with Crippen LogP contribution >= 0.6 is 11.6 Å². The smallest absolute Gasteiger partial charge is 0.293 e. The van der Waals surface area contributed by atoms with Gasteiger partial charge < -0.3 is 19.9 Å². The Hall–Kier alpha value is -3.17. The first kappa shape index (κ1) is 21.1. The van der Waals surface area contributed by atoms with Crippen LogP contribution in [0, 0.1) is 10.1 Å². The summed E-state index contributed by atoms with van der Waals surface area (Å²) in [6, 6.07) is 9.34. The van der Waals surface area contributed by atoms with E-state index < -0.39 is 10.8 Å². The fourth-order valence-electron chi connectivity index (χ4n) is 3.79. The van der Waals surface area contributed by atoms with Crippen LogP contribution < -0.4 is 15.1 Å². The van der Waals surface area contributed by atoms with Crippen LogP contribution in [-0.4, -0.2) is 49.6 Å². The molecule has 4 rings (SSSR count). The summed E-state index contributed by atoms with van der Waals surface area (Å²) in [5.41, 5.74) is 1.54. The van der Waals surface area contributed by atoms with Crippen molar-refractivity contribution in [2.24, 2.45) is 0 Å². The molecule has 0 saturated carbocycles. The lowest BCUT2D eigenvalue weighted by atomic mass is 10.1. The fourth-order valence-corrected chi connectivity index (χ4v) is 4.07. The average molecular weight is 445 g/mol. The molecule has 31 heavy (non-hydrogen) atoms. The summed E-state index contributed by atoms with van der Waals surface area (Å²) in [5.74, 6) is -0.468. The molecular weight excluding hydrogens is 424 g/mol. The van der Waals surface area contributed by atoms with Crippen LogP contribution in [0.15, 0.2) is 36.4 Å². The Morgan fingerprint density at radius 2 is 1.84 bits per heavy atom. The van der Waals surface area contributed by atoms with Gasteiger partial charge in [-0.15, -0.1) is 0 Å². The first-order chi connectivity index (χ1) is 14.9. The lowest BCUT2D eigenvalue weighted by molar-refractivity contribution is -0.384. The van der Waals surface area contributed by atoms with E-state index in [2.05, 4.69) is 5.32 Å². The summed E-state index contributed by atoms with van der Waals surface area (Å²) in [7, 11) is 0. The molecule has 0 atom stereocenters. The molecule has 2 fully saturated rings. The molecule has 2 aliphatic heterocycles. The molecule has 2 aromatic carbocycles. The molecule has 1 N–H and O–H groups in total. The van der Waals surface area contributed by atoms with Gasteiger partial charge in [0.2, 0.25) is 5.91 Å². The zero-order chi connectivity index (χ0) is 22.0. The van der Waals surface area contributed by atoms with Crippen LogP contribution in [0.2, 0.25) is 5.02 Å². The molecule has 0 bridgehead atoms. The van der Waals surface area contributed by atoms with Crippen LogP contribution in [0.4, 0.5) is 22.7 Å². The van der Waals surface area contributed by atoms with Crippen molar-refractivity contribution in [2.75, 3.05) is 48.0 Å². The van der Waals surface area contributed by atoms with Gasteiger partial charge in [-0.1, -0.05) is 11.6 Å². The molecule has 0 radical (unpaired) electrons. The highest BCUT2D eigenvalue weighted by Gasteiger charge is 2.25. The van der Waals surface area contributed by atoms with Crippen LogP contribution in [0.5, 0.6) is 0 Å². The predicted molar refractivity (Wildman–Crippen MR) is 117 cm³/mol. The molecular formula is C21H21ClN4O5. The first-order valence-electron chi connectivity index (χ1n) is 9.96. The van der Waals surface area contributed by atoms with E-state index >= 15 is 0 Å². The molecule has 2 heterocycles. The minimum absolute atomic E-state index is 0.0198. The average Bonchev–Trinajstić information content (AvgIpc) is 3.19. The lowest BCUT2D eigenvalue weighted by Gasteiger charge is -2.28. The molecule has 162 valence electrons. The van der Waals surface area contributed by atoms with E-state index in [1.165, 1.54) is 6.07 Å². The first-order valence-corrected chi connectivity index (χ1v) is 10.3. The third-order valence-corrected chi connectivity index (χ3v) is 5.66. The highest BCUT2D eigenvalue weighted by molar-refractivity contribution is 6.34. The lowest BCUT2D eigenvalue weighted by Crippen LogP contribution is -2.36. The largest absolute Gasteiger partial charge is 0.378 e. The van der Waals surface area contributed by atoms with E-state index in [0.717, 1.165) is 6.42 Å². The van der Waals surface area contributed by atoms with Crippen molar-refractivity contribution >= 4 is 46.2 Å². The molecule has 0 aromatic heterocycles. The van der Waals surface area contributed by atoms with Gasteiger partial charge in [0, 0.05) is 43.4 Å². The Labute approximate surface area is 183 Å². The van der Waals surface area contributed by atoms with E-state index in [0.29, 0.717) is 61.4 Å². The van der Waals surface area contributed by atoms with Gasteiger partial charge in [0.15, 0.2) is 0 Å². The number of ether oxygens (including phenoxy) is 1. The second-order valence-electron chi connectivity index (χ2n) is 7.33. The summed E-state index contributed by atoms with van der Waals surface area (Å²) in [4.78, 5) is 39.3. The van der Waals surface area contributed by atoms with Crippen LogP contribution in [0.3, 0.4) is 0 Å². The Bertz CT molecular complexity index is 1040. The topological polar surface area (TPSA) is 105 Å². The molecule has 0 spiro atoms. The third-order valence-electron chi connectivity index (χ3n) is 5.36. The number of halogens is 1. The van der Waals surface area contributed by atoms with Crippen molar-refractivity contribution in [3.05, 3.63) is 57.1 Å². The van der Waals surface area contributed by atoms with Gasteiger partial charge in [0.25, 0.3) is 11.6 Å². The summed E-state index contributed by atoms with van der Waals surface area (Å²) in [6.07, 6.45) is 1.28. The monoisotopic (exact) mass is 444 g/mol. The maximum absolute atomic E-state index is 12.7. The third kappa shape index (κ3) is 4.47. The summed E-state index contributed by atoms with van der Waals surface area (Å²) < 4.78 is 5.30. The standard InChI is InChI=1S/C21H21ClN4O5/c22-16-13-15(4-6-17(16)25-7-1-2-20(25)27)23-21(28)14-3-5-18(19(12-14)26(29)30)24-8-10-31-11-9-24/h3-6,12-13H,1-2,7-11H2,(H,23,28). The molecule has 2 amide bonds. The van der Waals surface area contributed by atoms with Crippen molar-refractivity contribution < 1.29 is 19.2 Å². The number of hydrogen-bond acceptors (Lipinski definition) is 6. The van der Waals surface area contributed by atoms with Crippen molar-refractivity contribution in [1.82, 2.24) is 0 Å². The van der Waals surface area contributed by atoms with E-state index in [9.17, 15) is 19.7 Å². The summed E-state index contributed by atoms with van der Waals surface area (Å²) >= 11 is 6.33. The number of nitro groups is 1. The number of morpholine rings is 1. The summed E-state index contributed by atoms with van der Waals surface area (Å²) in [5, 5.41) is 14.7. The minimum Gasteiger partial charge on any atom is -0.378 e. The van der Waals surface area contributed by atoms with E-state index in [1.54, 1.807) is 35.2 Å². The zero-order valence-electron chi connectivity index (χ0n) is 16.7. The van der Waals surface area contributed by atoms with Crippen molar-refractivity contribution in [3.8, 4) is 0 Å². The van der Waals surface area contributed by atoms with Gasteiger partial charge in [-0.2, -0.15) is 0 Å². The molecule has 10 heteroatoms. The van der Waals surface area contributed by atoms with Gasteiger partial charge in [0.1, 0.15) is 5.69 Å². The molecule has 2 aromatic rings. The van der Waals surface area contributed by atoms with Crippen LogP contribution in [0.25, 0.3) is 0 Å². The predicted octanol–water partition coefficient (Wildman–Crippen LogP) is 3.46. The van der Waals surface area contributed by atoms with Crippen LogP contribution in [-0.2, 0) is 9.53 Å². The molecule has 2 saturated heterocycles. The van der Waals surface area contributed by atoms with E-state index in [4.69, 9.17) is 16.3 Å². The number of nitro benzene ring substituents is 1. The maximum atomic E-state index is 12.7. The molecule has 0 unspecified atom stereocenters. The molecule has 0 aliphatic carbocycles. The highest BCUT2D eigenvalue weighted by Crippen LogP contribution is 2.33. The number of anilines is 3. The van der Waals surface area contributed by atoms with E-state index in [-0.39, 0.29) is 17.2 Å². The van der Waals surface area contributed by atoms with Gasteiger partial charge in [-0.25, -0.2) is 0 Å². The van der Waals surface area contributed by atoms with E-state index in [1.807, 2.05) is 4.90 Å². The Morgan fingerprint density at radius 1 is 1.10 bits per heavy atom. The summed E-state index contributed by atoms with van der Waals surface area (Å²) in [6.45, 7) is 2.72. The number of hydrogen-bond donors (Lipinski definition) is 1. The number of nitrogens with one attached hydrogen (secondary N) is 1. The van der Waals surface area contributed by atoms with Crippen molar-refractivity contribution in [1.29, 1.82) is 0 Å².